The predicted molar refractivity (Wildman–Crippen MR) is 78.8 cm³/mol. The van der Waals surface area contributed by atoms with E-state index in [1.54, 1.807) is 0 Å². The molecular weight excluding hydrogens is 250 g/mol. The Bertz CT molecular complexity index is 817. The summed E-state index contributed by atoms with van der Waals surface area (Å²) in [4.78, 5) is 15.3. The van der Waals surface area contributed by atoms with Crippen LogP contribution in [0.4, 0.5) is 0 Å². The van der Waals surface area contributed by atoms with Crippen LogP contribution in [0.25, 0.3) is 11.0 Å². The molecule has 3 aromatic rings. The molecule has 20 heavy (non-hydrogen) atoms. The summed E-state index contributed by atoms with van der Waals surface area (Å²) in [5, 5.41) is 3.44. The van der Waals surface area contributed by atoms with Crippen LogP contribution in [0, 0.1) is 0 Å². The molecule has 0 saturated carbocycles. The molecule has 2 aromatic carbocycles. The van der Waals surface area contributed by atoms with Crippen molar-refractivity contribution in [2.75, 3.05) is 6.54 Å². The molecule has 1 aliphatic rings. The number of hydrogen-bond donors (Lipinski definition) is 2. The fourth-order valence-electron chi connectivity index (χ4n) is 3.07. The maximum absolute atomic E-state index is 12.4. The van der Waals surface area contributed by atoms with Crippen LogP contribution in [0.3, 0.4) is 0 Å². The molecule has 2 heterocycles. The van der Waals surface area contributed by atoms with Crippen LogP contribution in [0.5, 0.6) is 0 Å². The number of para-hydroxylation sites is 1. The summed E-state index contributed by atoms with van der Waals surface area (Å²) in [5.74, 6) is 0. The van der Waals surface area contributed by atoms with Gasteiger partial charge in [-0.05, 0) is 17.2 Å². The van der Waals surface area contributed by atoms with Crippen molar-refractivity contribution in [3.63, 3.8) is 0 Å². The Morgan fingerprint density at radius 2 is 1.90 bits per heavy atom. The van der Waals surface area contributed by atoms with Gasteiger partial charge in [-0.25, -0.2) is 4.79 Å². The number of aromatic amines is 1. The molecule has 0 saturated heterocycles. The van der Waals surface area contributed by atoms with Crippen LogP contribution in [-0.4, -0.2) is 16.1 Å². The molecule has 0 fully saturated rings. The fraction of sp³-hybridized carbons (Fsp3) is 0.188. The summed E-state index contributed by atoms with van der Waals surface area (Å²) in [6.07, 6.45) is 0. The van der Waals surface area contributed by atoms with Gasteiger partial charge in [0.1, 0.15) is 0 Å². The SMILES string of the molecule is O=c1[nH]c2cccc3c2n1[C@H](c1ccccc1)CNC3. The van der Waals surface area contributed by atoms with Gasteiger partial charge in [-0.15, -0.1) is 0 Å². The molecule has 1 atom stereocenters. The van der Waals surface area contributed by atoms with Gasteiger partial charge in [0.05, 0.1) is 17.1 Å². The van der Waals surface area contributed by atoms with E-state index in [2.05, 4.69) is 28.5 Å². The zero-order chi connectivity index (χ0) is 13.5. The van der Waals surface area contributed by atoms with Crippen LogP contribution in [0.15, 0.2) is 53.3 Å². The van der Waals surface area contributed by atoms with Crippen molar-refractivity contribution in [3.8, 4) is 0 Å². The summed E-state index contributed by atoms with van der Waals surface area (Å²) < 4.78 is 1.89. The normalized spacial score (nSPS) is 18.1. The number of hydrogen-bond acceptors (Lipinski definition) is 2. The van der Waals surface area contributed by atoms with Crippen molar-refractivity contribution in [1.29, 1.82) is 0 Å². The first-order valence-electron chi connectivity index (χ1n) is 6.82. The Kier molecular flexibility index (Phi) is 2.50. The van der Waals surface area contributed by atoms with Gasteiger partial charge >= 0.3 is 5.69 Å². The lowest BCUT2D eigenvalue weighted by molar-refractivity contribution is 0.537. The molecule has 0 radical (unpaired) electrons. The van der Waals surface area contributed by atoms with Gasteiger partial charge in [-0.2, -0.15) is 0 Å². The van der Waals surface area contributed by atoms with Gasteiger partial charge < -0.3 is 10.3 Å². The van der Waals surface area contributed by atoms with E-state index in [4.69, 9.17) is 0 Å². The maximum atomic E-state index is 12.4. The molecule has 0 bridgehead atoms. The quantitative estimate of drug-likeness (QED) is 0.707. The molecule has 4 nitrogen and oxygen atoms in total. The lowest BCUT2D eigenvalue weighted by Crippen LogP contribution is -2.29. The van der Waals surface area contributed by atoms with Gasteiger partial charge in [0.2, 0.25) is 0 Å². The molecule has 100 valence electrons. The molecule has 4 heteroatoms. The van der Waals surface area contributed by atoms with Crippen molar-refractivity contribution in [1.82, 2.24) is 14.9 Å². The van der Waals surface area contributed by atoms with Gasteiger partial charge in [0.25, 0.3) is 0 Å². The number of nitrogens with zero attached hydrogens (tertiary/aromatic N) is 1. The van der Waals surface area contributed by atoms with E-state index in [9.17, 15) is 4.79 Å². The topological polar surface area (TPSA) is 49.8 Å². The minimum Gasteiger partial charge on any atom is -0.310 e. The third-order valence-corrected chi connectivity index (χ3v) is 3.97. The third-order valence-electron chi connectivity index (χ3n) is 3.97. The average molecular weight is 265 g/mol. The van der Waals surface area contributed by atoms with Crippen molar-refractivity contribution in [3.05, 3.63) is 70.1 Å². The zero-order valence-corrected chi connectivity index (χ0v) is 11.0. The van der Waals surface area contributed by atoms with Gasteiger partial charge in [-0.3, -0.25) is 4.57 Å². The number of aromatic nitrogens is 2. The second-order valence-electron chi connectivity index (χ2n) is 5.17. The maximum Gasteiger partial charge on any atom is 0.327 e. The Labute approximate surface area is 116 Å². The predicted octanol–water partition coefficient (Wildman–Crippen LogP) is 2.02. The number of nitrogens with one attached hydrogen (secondary N) is 2. The fourth-order valence-corrected chi connectivity index (χ4v) is 3.07. The number of benzene rings is 2. The molecule has 0 unspecified atom stereocenters. The largest absolute Gasteiger partial charge is 0.327 e. The highest BCUT2D eigenvalue weighted by Crippen LogP contribution is 2.26. The molecule has 1 aliphatic heterocycles. The van der Waals surface area contributed by atoms with Crippen LogP contribution in [0.1, 0.15) is 17.2 Å². The number of H-pyrrole nitrogens is 1. The Balaban J connectivity index is 2.03. The molecule has 2 N–H and O–H groups in total. The summed E-state index contributed by atoms with van der Waals surface area (Å²) in [6.45, 7) is 1.55. The first-order valence-corrected chi connectivity index (χ1v) is 6.82. The highest BCUT2D eigenvalue weighted by atomic mass is 16.1. The van der Waals surface area contributed by atoms with Crippen LogP contribution < -0.4 is 11.0 Å². The standard InChI is InChI=1S/C16H15N3O/c20-16-18-13-8-4-7-12-9-17-10-14(19(16)15(12)13)11-5-2-1-3-6-11/h1-8,14,17H,9-10H2,(H,18,20)/t14-/m0/s1. The Morgan fingerprint density at radius 1 is 1.05 bits per heavy atom. The minimum atomic E-state index is -0.0370. The first-order chi connectivity index (χ1) is 9.84. The second-order valence-corrected chi connectivity index (χ2v) is 5.17. The van der Waals surface area contributed by atoms with E-state index >= 15 is 0 Å². The minimum absolute atomic E-state index is 0.0288. The molecule has 0 aliphatic carbocycles. The lowest BCUT2D eigenvalue weighted by atomic mass is 10.1. The Morgan fingerprint density at radius 3 is 2.75 bits per heavy atom. The summed E-state index contributed by atoms with van der Waals surface area (Å²) >= 11 is 0. The van der Waals surface area contributed by atoms with Gasteiger partial charge in [0, 0.05) is 13.1 Å². The van der Waals surface area contributed by atoms with Gasteiger partial charge in [0.15, 0.2) is 0 Å². The van der Waals surface area contributed by atoms with Gasteiger partial charge in [-0.1, -0.05) is 42.5 Å². The number of imidazole rings is 1. The zero-order valence-electron chi connectivity index (χ0n) is 11.0. The molecule has 0 amide bonds. The highest BCUT2D eigenvalue weighted by Gasteiger charge is 2.23. The van der Waals surface area contributed by atoms with Crippen LogP contribution >= 0.6 is 0 Å². The van der Waals surface area contributed by atoms with E-state index in [1.165, 1.54) is 5.56 Å². The molecule has 1 aromatic heterocycles. The molecule has 0 spiro atoms. The third kappa shape index (κ3) is 1.62. The first kappa shape index (κ1) is 11.5. The van der Waals surface area contributed by atoms with Crippen molar-refractivity contribution in [2.24, 2.45) is 0 Å². The monoisotopic (exact) mass is 265 g/mol. The average Bonchev–Trinajstić information content (AvgIpc) is 2.69. The van der Waals surface area contributed by atoms with E-state index < -0.39 is 0 Å². The van der Waals surface area contributed by atoms with E-state index in [1.807, 2.05) is 34.9 Å². The molecular formula is C16H15N3O. The molecule has 4 rings (SSSR count). The highest BCUT2D eigenvalue weighted by molar-refractivity contribution is 5.79. The summed E-state index contributed by atoms with van der Waals surface area (Å²) in [5.41, 5.74) is 4.22. The van der Waals surface area contributed by atoms with E-state index in [0.717, 1.165) is 29.7 Å². The summed E-state index contributed by atoms with van der Waals surface area (Å²) in [6, 6.07) is 16.2. The summed E-state index contributed by atoms with van der Waals surface area (Å²) in [7, 11) is 0. The van der Waals surface area contributed by atoms with E-state index in [0.29, 0.717) is 0 Å². The Hall–Kier alpha value is -2.33. The second kappa shape index (κ2) is 4.35. The van der Waals surface area contributed by atoms with Crippen molar-refractivity contribution in [2.45, 2.75) is 12.6 Å². The smallest absolute Gasteiger partial charge is 0.310 e. The van der Waals surface area contributed by atoms with Crippen molar-refractivity contribution >= 4 is 11.0 Å². The number of rotatable bonds is 1. The lowest BCUT2D eigenvalue weighted by Gasteiger charge is -2.17. The van der Waals surface area contributed by atoms with Crippen molar-refractivity contribution < 1.29 is 0 Å². The van der Waals surface area contributed by atoms with Crippen LogP contribution in [0.2, 0.25) is 0 Å². The van der Waals surface area contributed by atoms with E-state index in [-0.39, 0.29) is 11.7 Å². The van der Waals surface area contributed by atoms with Crippen LogP contribution in [-0.2, 0) is 6.54 Å².